The molecule has 0 unspecified atom stereocenters. The van der Waals surface area contributed by atoms with Crippen LogP contribution < -0.4 is 10.2 Å². The van der Waals surface area contributed by atoms with E-state index in [0.717, 1.165) is 16.7 Å². The molecule has 3 aromatic rings. The molecule has 0 aromatic heterocycles. The number of nitrogens with zero attached hydrogens (tertiary/aromatic N) is 1. The molecule has 3 rings (SSSR count). The number of carbonyl (C=O) groups excluding carboxylic acids is 1. The Labute approximate surface area is 153 Å². The van der Waals surface area contributed by atoms with Crippen molar-refractivity contribution in [2.75, 3.05) is 0 Å². The van der Waals surface area contributed by atoms with E-state index in [9.17, 15) is 4.79 Å². The van der Waals surface area contributed by atoms with Gasteiger partial charge in [0.15, 0.2) is 0 Å². The molecule has 130 valence electrons. The van der Waals surface area contributed by atoms with Crippen molar-refractivity contribution >= 4 is 12.1 Å². The van der Waals surface area contributed by atoms with Crippen molar-refractivity contribution in [2.45, 2.75) is 13.5 Å². The fourth-order valence-electron chi connectivity index (χ4n) is 2.40. The summed E-state index contributed by atoms with van der Waals surface area (Å²) in [6.45, 7) is 2.49. The van der Waals surface area contributed by atoms with E-state index in [-0.39, 0.29) is 5.91 Å². The Bertz CT molecular complexity index is 888. The van der Waals surface area contributed by atoms with E-state index < -0.39 is 0 Å². The van der Waals surface area contributed by atoms with Crippen LogP contribution in [0, 0.1) is 6.92 Å². The van der Waals surface area contributed by atoms with Gasteiger partial charge in [0.05, 0.1) is 6.21 Å². The summed E-state index contributed by atoms with van der Waals surface area (Å²) in [5.74, 6) is 0.457. The number of carbonyl (C=O) groups is 1. The average molecular weight is 344 g/mol. The third-order valence-corrected chi connectivity index (χ3v) is 3.92. The molecule has 0 aliphatic carbocycles. The first-order valence-electron chi connectivity index (χ1n) is 8.38. The minimum atomic E-state index is -0.260. The maximum absolute atomic E-state index is 12.1. The molecule has 4 heteroatoms. The van der Waals surface area contributed by atoms with Gasteiger partial charge in [-0.1, -0.05) is 54.6 Å². The molecule has 0 aliphatic heterocycles. The quantitative estimate of drug-likeness (QED) is 0.534. The van der Waals surface area contributed by atoms with Crippen LogP contribution in [0.2, 0.25) is 0 Å². The van der Waals surface area contributed by atoms with Crippen molar-refractivity contribution in [3.8, 4) is 5.75 Å². The number of hydrazone groups is 1. The lowest BCUT2D eigenvalue weighted by atomic mass is 10.1. The molecule has 0 saturated carbocycles. The van der Waals surface area contributed by atoms with E-state index in [1.165, 1.54) is 0 Å². The van der Waals surface area contributed by atoms with Crippen molar-refractivity contribution in [1.82, 2.24) is 5.43 Å². The molecule has 0 fully saturated rings. The van der Waals surface area contributed by atoms with Crippen LogP contribution in [0.1, 0.15) is 27.0 Å². The zero-order valence-corrected chi connectivity index (χ0v) is 14.6. The molecule has 0 spiro atoms. The third kappa shape index (κ3) is 4.80. The summed E-state index contributed by atoms with van der Waals surface area (Å²) in [6, 6.07) is 24.8. The molecule has 1 amide bonds. The minimum Gasteiger partial charge on any atom is -0.489 e. The number of nitrogens with one attached hydrogen (secondary N) is 1. The van der Waals surface area contributed by atoms with Crippen LogP contribution >= 0.6 is 0 Å². The van der Waals surface area contributed by atoms with Crippen molar-refractivity contribution in [3.63, 3.8) is 0 Å². The predicted molar refractivity (Wildman–Crippen MR) is 103 cm³/mol. The summed E-state index contributed by atoms with van der Waals surface area (Å²) in [5.41, 5.74) is 6.24. The van der Waals surface area contributed by atoms with E-state index in [0.29, 0.717) is 17.9 Å². The van der Waals surface area contributed by atoms with Gasteiger partial charge < -0.3 is 4.74 Å². The minimum absolute atomic E-state index is 0.260. The Balaban J connectivity index is 1.54. The summed E-state index contributed by atoms with van der Waals surface area (Å²) in [4.78, 5) is 12.1. The summed E-state index contributed by atoms with van der Waals surface area (Å²) in [6.07, 6.45) is 1.64. The van der Waals surface area contributed by atoms with Crippen LogP contribution in [0.15, 0.2) is 84.0 Å². The van der Waals surface area contributed by atoms with E-state index in [1.54, 1.807) is 30.5 Å². The molecular formula is C22H20N2O2. The van der Waals surface area contributed by atoms with Gasteiger partial charge in [-0.05, 0) is 47.9 Å². The van der Waals surface area contributed by atoms with Crippen molar-refractivity contribution in [2.24, 2.45) is 5.10 Å². The van der Waals surface area contributed by atoms with Crippen molar-refractivity contribution in [3.05, 3.63) is 101 Å². The largest absolute Gasteiger partial charge is 0.489 e. The van der Waals surface area contributed by atoms with Crippen LogP contribution in [0.4, 0.5) is 0 Å². The molecular weight excluding hydrogens is 324 g/mol. The molecule has 0 saturated heterocycles. The van der Waals surface area contributed by atoms with Crippen LogP contribution in [0.5, 0.6) is 5.75 Å². The fourth-order valence-corrected chi connectivity index (χ4v) is 2.40. The smallest absolute Gasteiger partial charge is 0.271 e. The number of amides is 1. The Morgan fingerprint density at radius 1 is 0.962 bits per heavy atom. The highest BCUT2D eigenvalue weighted by atomic mass is 16.5. The normalized spacial score (nSPS) is 10.7. The molecule has 0 aliphatic rings. The standard InChI is InChI=1S/C22H20N2O2/c1-17-7-5-6-10-20(17)15-23-24-22(25)19-11-13-21(14-12-19)26-16-18-8-3-2-4-9-18/h2-15H,16H2,1H3,(H,24,25)/b23-15+. The predicted octanol–water partition coefficient (Wildman–Crippen LogP) is 4.34. The summed E-state index contributed by atoms with van der Waals surface area (Å²) in [7, 11) is 0. The number of hydrogen-bond acceptors (Lipinski definition) is 3. The highest BCUT2D eigenvalue weighted by molar-refractivity contribution is 5.95. The van der Waals surface area contributed by atoms with Crippen LogP contribution in [0.3, 0.4) is 0 Å². The molecule has 0 heterocycles. The third-order valence-electron chi connectivity index (χ3n) is 3.92. The molecule has 3 aromatic carbocycles. The number of aryl methyl sites for hydroxylation is 1. The van der Waals surface area contributed by atoms with Crippen LogP contribution in [-0.2, 0) is 6.61 Å². The second kappa shape index (κ2) is 8.62. The van der Waals surface area contributed by atoms with E-state index in [2.05, 4.69) is 10.5 Å². The summed E-state index contributed by atoms with van der Waals surface area (Å²) < 4.78 is 5.72. The monoisotopic (exact) mass is 344 g/mol. The summed E-state index contributed by atoms with van der Waals surface area (Å²) >= 11 is 0. The van der Waals surface area contributed by atoms with Gasteiger partial charge in [0.25, 0.3) is 5.91 Å². The number of ether oxygens (including phenoxy) is 1. The van der Waals surface area contributed by atoms with Gasteiger partial charge >= 0.3 is 0 Å². The molecule has 1 N–H and O–H groups in total. The Kier molecular flexibility index (Phi) is 5.78. The van der Waals surface area contributed by atoms with Crippen molar-refractivity contribution in [1.29, 1.82) is 0 Å². The first-order valence-corrected chi connectivity index (χ1v) is 8.38. The maximum atomic E-state index is 12.1. The van der Waals surface area contributed by atoms with E-state index in [1.807, 2.05) is 61.5 Å². The molecule has 0 bridgehead atoms. The fraction of sp³-hybridized carbons (Fsp3) is 0.0909. The Morgan fingerprint density at radius 2 is 1.65 bits per heavy atom. The van der Waals surface area contributed by atoms with Crippen molar-refractivity contribution < 1.29 is 9.53 Å². The average Bonchev–Trinajstić information content (AvgIpc) is 2.69. The van der Waals surface area contributed by atoms with Gasteiger partial charge in [-0.3, -0.25) is 4.79 Å². The zero-order valence-electron chi connectivity index (χ0n) is 14.6. The summed E-state index contributed by atoms with van der Waals surface area (Å²) in [5, 5.41) is 4.02. The van der Waals surface area contributed by atoms with E-state index >= 15 is 0 Å². The lowest BCUT2D eigenvalue weighted by Crippen LogP contribution is -2.17. The number of hydrogen-bond donors (Lipinski definition) is 1. The lowest BCUT2D eigenvalue weighted by molar-refractivity contribution is 0.0955. The van der Waals surface area contributed by atoms with Gasteiger partial charge in [0, 0.05) is 5.56 Å². The maximum Gasteiger partial charge on any atom is 0.271 e. The first-order chi connectivity index (χ1) is 12.7. The molecule has 4 nitrogen and oxygen atoms in total. The zero-order chi connectivity index (χ0) is 18.2. The van der Waals surface area contributed by atoms with Gasteiger partial charge in [0.1, 0.15) is 12.4 Å². The van der Waals surface area contributed by atoms with Gasteiger partial charge in [-0.15, -0.1) is 0 Å². The second-order valence-electron chi connectivity index (χ2n) is 5.85. The molecule has 0 radical (unpaired) electrons. The SMILES string of the molecule is Cc1ccccc1/C=N/NC(=O)c1ccc(OCc2ccccc2)cc1. The van der Waals surface area contributed by atoms with Crippen LogP contribution in [-0.4, -0.2) is 12.1 Å². The molecule has 0 atom stereocenters. The second-order valence-corrected chi connectivity index (χ2v) is 5.85. The Morgan fingerprint density at radius 3 is 2.38 bits per heavy atom. The highest BCUT2D eigenvalue weighted by Gasteiger charge is 2.04. The van der Waals surface area contributed by atoms with Gasteiger partial charge in [-0.25, -0.2) is 5.43 Å². The van der Waals surface area contributed by atoms with Crippen LogP contribution in [0.25, 0.3) is 0 Å². The molecule has 26 heavy (non-hydrogen) atoms. The van der Waals surface area contributed by atoms with Gasteiger partial charge in [0.2, 0.25) is 0 Å². The first kappa shape index (κ1) is 17.4. The Hall–Kier alpha value is -3.40. The lowest BCUT2D eigenvalue weighted by Gasteiger charge is -2.07. The number of benzene rings is 3. The highest BCUT2D eigenvalue weighted by Crippen LogP contribution is 2.14. The topological polar surface area (TPSA) is 50.7 Å². The number of rotatable bonds is 6. The van der Waals surface area contributed by atoms with Gasteiger partial charge in [-0.2, -0.15) is 5.10 Å². The van der Waals surface area contributed by atoms with E-state index in [4.69, 9.17) is 4.74 Å².